The minimum Gasteiger partial charge on any atom is -0.439 e. The van der Waals surface area contributed by atoms with Crippen molar-refractivity contribution in [2.75, 3.05) is 31.1 Å². The third-order valence-electron chi connectivity index (χ3n) is 4.88. The van der Waals surface area contributed by atoms with Crippen LogP contribution in [-0.2, 0) is 6.18 Å². The maximum absolute atomic E-state index is 12.6. The normalized spacial score (nSPS) is 14.2. The third kappa shape index (κ3) is 5.26. The Hall–Kier alpha value is -3.82. The minimum atomic E-state index is -4.46. The van der Waals surface area contributed by atoms with Crippen LogP contribution >= 0.6 is 0 Å². The first-order valence-corrected chi connectivity index (χ1v) is 9.81. The monoisotopic (exact) mass is 444 g/mol. The Kier molecular flexibility index (Phi) is 6.11. The number of hydrogen-bond donors (Lipinski definition) is 0. The lowest BCUT2D eigenvalue weighted by Gasteiger charge is -2.35. The van der Waals surface area contributed by atoms with E-state index in [1.165, 1.54) is 0 Å². The number of pyridine rings is 2. The second-order valence-corrected chi connectivity index (χ2v) is 7.00. The van der Waals surface area contributed by atoms with E-state index in [0.29, 0.717) is 43.9 Å². The van der Waals surface area contributed by atoms with Gasteiger partial charge < -0.3 is 19.3 Å². The predicted molar refractivity (Wildman–Crippen MR) is 110 cm³/mol. The average Bonchev–Trinajstić information content (AvgIpc) is 2.81. The van der Waals surface area contributed by atoms with Crippen molar-refractivity contribution < 1.29 is 27.4 Å². The molecule has 0 unspecified atom stereocenters. The highest BCUT2D eigenvalue weighted by Gasteiger charge is 2.30. The number of anilines is 1. The molecule has 0 N–H and O–H groups in total. The van der Waals surface area contributed by atoms with Gasteiger partial charge in [0.15, 0.2) is 0 Å². The van der Waals surface area contributed by atoms with Crippen LogP contribution in [0.15, 0.2) is 67.1 Å². The highest BCUT2D eigenvalue weighted by atomic mass is 19.4. The Labute approximate surface area is 182 Å². The Morgan fingerprint density at radius 1 is 0.875 bits per heavy atom. The van der Waals surface area contributed by atoms with E-state index in [-0.39, 0.29) is 5.88 Å². The van der Waals surface area contributed by atoms with Crippen LogP contribution in [-0.4, -0.2) is 47.1 Å². The van der Waals surface area contributed by atoms with Crippen molar-refractivity contribution in [1.29, 1.82) is 0 Å². The molecule has 166 valence electrons. The molecule has 0 atom stereocenters. The maximum atomic E-state index is 12.6. The van der Waals surface area contributed by atoms with Gasteiger partial charge in [-0.05, 0) is 42.5 Å². The number of amides is 1. The standard InChI is InChI=1S/C22H19F3N4O3/c23-22(24,25)16-1-6-20(27-15-16)31-18-2-4-19(5-3-18)32-21(30)29-13-11-28(12-14-29)17-7-9-26-10-8-17/h1-10,15H,11-14H2. The zero-order valence-electron chi connectivity index (χ0n) is 16.8. The highest BCUT2D eigenvalue weighted by Crippen LogP contribution is 2.30. The number of ether oxygens (including phenoxy) is 2. The van der Waals surface area contributed by atoms with Gasteiger partial charge in [0.25, 0.3) is 0 Å². The van der Waals surface area contributed by atoms with Crippen LogP contribution in [0.1, 0.15) is 5.56 Å². The van der Waals surface area contributed by atoms with Gasteiger partial charge in [-0.3, -0.25) is 4.98 Å². The van der Waals surface area contributed by atoms with Crippen molar-refractivity contribution in [3.8, 4) is 17.4 Å². The molecule has 32 heavy (non-hydrogen) atoms. The van der Waals surface area contributed by atoms with Crippen LogP contribution in [0.4, 0.5) is 23.7 Å². The number of aromatic nitrogens is 2. The molecule has 0 spiro atoms. The summed E-state index contributed by atoms with van der Waals surface area (Å²) in [5.74, 6) is 0.706. The summed E-state index contributed by atoms with van der Waals surface area (Å²) in [6.45, 7) is 2.43. The van der Waals surface area contributed by atoms with Crippen LogP contribution in [0.25, 0.3) is 0 Å². The lowest BCUT2D eigenvalue weighted by atomic mass is 10.3. The fourth-order valence-corrected chi connectivity index (χ4v) is 3.17. The second-order valence-electron chi connectivity index (χ2n) is 7.00. The molecular formula is C22H19F3N4O3. The van der Waals surface area contributed by atoms with E-state index in [4.69, 9.17) is 9.47 Å². The van der Waals surface area contributed by atoms with Gasteiger partial charge in [0.1, 0.15) is 11.5 Å². The summed E-state index contributed by atoms with van der Waals surface area (Å²) in [6.07, 6.45) is -0.728. The molecule has 2 aromatic heterocycles. The molecule has 1 aliphatic rings. The SMILES string of the molecule is O=C(Oc1ccc(Oc2ccc(C(F)(F)F)cn2)cc1)N1CCN(c2ccncc2)CC1. The molecule has 1 saturated heterocycles. The Bertz CT molecular complexity index is 1040. The van der Waals surface area contributed by atoms with Crippen LogP contribution in [0.2, 0.25) is 0 Å². The summed E-state index contributed by atoms with van der Waals surface area (Å²) in [5, 5.41) is 0. The van der Waals surface area contributed by atoms with Crippen LogP contribution in [0, 0.1) is 0 Å². The lowest BCUT2D eigenvalue weighted by Crippen LogP contribution is -2.49. The van der Waals surface area contributed by atoms with Gasteiger partial charge in [-0.15, -0.1) is 0 Å². The van der Waals surface area contributed by atoms with E-state index in [9.17, 15) is 18.0 Å². The number of hydrogen-bond acceptors (Lipinski definition) is 6. The van der Waals surface area contributed by atoms with Gasteiger partial charge in [0.2, 0.25) is 5.88 Å². The second kappa shape index (κ2) is 9.13. The van der Waals surface area contributed by atoms with Crippen LogP contribution in [0.5, 0.6) is 17.4 Å². The van der Waals surface area contributed by atoms with Crippen molar-refractivity contribution in [1.82, 2.24) is 14.9 Å². The Balaban J connectivity index is 1.28. The van der Waals surface area contributed by atoms with Crippen LogP contribution < -0.4 is 14.4 Å². The van der Waals surface area contributed by atoms with Gasteiger partial charge in [-0.25, -0.2) is 9.78 Å². The zero-order chi connectivity index (χ0) is 22.6. The molecule has 3 aromatic rings. The predicted octanol–water partition coefficient (Wildman–Crippen LogP) is 4.61. The third-order valence-corrected chi connectivity index (χ3v) is 4.88. The van der Waals surface area contributed by atoms with Gasteiger partial charge in [0, 0.05) is 56.5 Å². The molecule has 7 nitrogen and oxygen atoms in total. The number of benzene rings is 1. The Morgan fingerprint density at radius 2 is 1.53 bits per heavy atom. The Morgan fingerprint density at radius 3 is 2.12 bits per heavy atom. The molecule has 0 radical (unpaired) electrons. The number of rotatable bonds is 4. The van der Waals surface area contributed by atoms with E-state index in [1.54, 1.807) is 41.6 Å². The van der Waals surface area contributed by atoms with E-state index >= 15 is 0 Å². The van der Waals surface area contributed by atoms with Gasteiger partial charge in [0.05, 0.1) is 5.56 Å². The number of carbonyl (C=O) groups excluding carboxylic acids is 1. The molecule has 1 fully saturated rings. The van der Waals surface area contributed by atoms with E-state index < -0.39 is 17.8 Å². The number of carbonyl (C=O) groups is 1. The molecule has 4 rings (SSSR count). The van der Waals surface area contributed by atoms with Gasteiger partial charge >= 0.3 is 12.3 Å². The minimum absolute atomic E-state index is 0.0230. The molecule has 1 aliphatic heterocycles. The largest absolute Gasteiger partial charge is 0.439 e. The lowest BCUT2D eigenvalue weighted by molar-refractivity contribution is -0.137. The summed E-state index contributed by atoms with van der Waals surface area (Å²) in [5.41, 5.74) is 0.208. The van der Waals surface area contributed by atoms with Crippen molar-refractivity contribution in [2.24, 2.45) is 0 Å². The summed E-state index contributed by atoms with van der Waals surface area (Å²) in [7, 11) is 0. The summed E-state index contributed by atoms with van der Waals surface area (Å²) in [6, 6.07) is 12.1. The first kappa shape index (κ1) is 21.4. The van der Waals surface area contributed by atoms with E-state index in [1.807, 2.05) is 12.1 Å². The number of alkyl halides is 3. The molecular weight excluding hydrogens is 425 g/mol. The zero-order valence-corrected chi connectivity index (χ0v) is 16.8. The van der Waals surface area contributed by atoms with E-state index in [2.05, 4.69) is 14.9 Å². The quantitative estimate of drug-likeness (QED) is 0.586. The van der Waals surface area contributed by atoms with Crippen molar-refractivity contribution in [3.05, 3.63) is 72.7 Å². The summed E-state index contributed by atoms with van der Waals surface area (Å²) < 4.78 is 48.6. The van der Waals surface area contributed by atoms with Gasteiger partial charge in [-0.1, -0.05) is 0 Å². The average molecular weight is 444 g/mol. The van der Waals surface area contributed by atoms with E-state index in [0.717, 1.165) is 17.8 Å². The molecule has 1 amide bonds. The summed E-state index contributed by atoms with van der Waals surface area (Å²) in [4.78, 5) is 23.9. The molecule has 3 heterocycles. The topological polar surface area (TPSA) is 67.8 Å². The molecule has 0 aliphatic carbocycles. The maximum Gasteiger partial charge on any atom is 0.417 e. The first-order valence-electron chi connectivity index (χ1n) is 9.81. The number of nitrogens with zero attached hydrogens (tertiary/aromatic N) is 4. The first-order chi connectivity index (χ1) is 15.4. The highest BCUT2D eigenvalue weighted by molar-refractivity contribution is 5.71. The fourth-order valence-electron chi connectivity index (χ4n) is 3.17. The summed E-state index contributed by atoms with van der Waals surface area (Å²) >= 11 is 0. The molecule has 0 saturated carbocycles. The van der Waals surface area contributed by atoms with Gasteiger partial charge in [-0.2, -0.15) is 13.2 Å². The van der Waals surface area contributed by atoms with Crippen LogP contribution in [0.3, 0.4) is 0 Å². The number of piperazine rings is 1. The fraction of sp³-hybridized carbons (Fsp3) is 0.227. The smallest absolute Gasteiger partial charge is 0.417 e. The van der Waals surface area contributed by atoms with Crippen molar-refractivity contribution in [2.45, 2.75) is 6.18 Å². The molecule has 0 bridgehead atoms. The molecule has 10 heteroatoms. The molecule has 1 aromatic carbocycles. The number of halogens is 3. The van der Waals surface area contributed by atoms with Crippen molar-refractivity contribution in [3.63, 3.8) is 0 Å². The van der Waals surface area contributed by atoms with Crippen molar-refractivity contribution >= 4 is 11.8 Å².